The van der Waals surface area contributed by atoms with Gasteiger partial charge in [0.25, 0.3) is 0 Å². The van der Waals surface area contributed by atoms with Crippen molar-refractivity contribution in [2.75, 3.05) is 5.73 Å². The van der Waals surface area contributed by atoms with Gasteiger partial charge in [-0.1, -0.05) is 6.07 Å². The molecular formula is C15H13F2NO. The molecule has 0 fully saturated rings. The lowest BCUT2D eigenvalue weighted by molar-refractivity contribution is 0.254. The third-order valence-electron chi connectivity index (χ3n) is 3.29. The summed E-state index contributed by atoms with van der Waals surface area (Å²) in [5, 5.41) is 0. The third-order valence-corrected chi connectivity index (χ3v) is 3.29. The highest BCUT2D eigenvalue weighted by Crippen LogP contribution is 2.34. The predicted octanol–water partition coefficient (Wildman–Crippen LogP) is 3.54. The van der Waals surface area contributed by atoms with Crippen molar-refractivity contribution in [2.24, 2.45) is 0 Å². The van der Waals surface area contributed by atoms with Crippen molar-refractivity contribution in [1.82, 2.24) is 0 Å². The average Bonchev–Trinajstić information content (AvgIpc) is 2.72. The molecule has 2 aromatic carbocycles. The van der Waals surface area contributed by atoms with Gasteiger partial charge in [0.2, 0.25) is 0 Å². The van der Waals surface area contributed by atoms with Crippen molar-refractivity contribution >= 4 is 5.69 Å². The number of hydrogen-bond donors (Lipinski definition) is 1. The standard InChI is InChI=1S/C15H13F2NO/c1-8-4-10-5-9(2-3-15(10)19-8)11-6-13(17)14(18)7-12(11)16/h2-3,5-8H,4,18H2,1H3. The van der Waals surface area contributed by atoms with E-state index in [1.807, 2.05) is 13.0 Å². The van der Waals surface area contributed by atoms with Crippen LogP contribution in [0.25, 0.3) is 11.1 Å². The lowest BCUT2D eigenvalue weighted by atomic mass is 10.0. The molecule has 1 aliphatic heterocycles. The largest absolute Gasteiger partial charge is 0.490 e. The number of ether oxygens (including phenoxy) is 1. The maximum Gasteiger partial charge on any atom is 0.146 e. The summed E-state index contributed by atoms with van der Waals surface area (Å²) < 4.78 is 32.9. The Morgan fingerprint density at radius 2 is 1.95 bits per heavy atom. The normalized spacial score (nSPS) is 17.1. The molecule has 1 unspecified atom stereocenters. The molecule has 0 saturated carbocycles. The number of hydrogen-bond acceptors (Lipinski definition) is 2. The molecule has 0 aromatic heterocycles. The second kappa shape index (κ2) is 4.23. The molecule has 2 nitrogen and oxygen atoms in total. The summed E-state index contributed by atoms with van der Waals surface area (Å²) in [6.45, 7) is 1.98. The van der Waals surface area contributed by atoms with Gasteiger partial charge < -0.3 is 10.5 Å². The fourth-order valence-corrected chi connectivity index (χ4v) is 2.37. The van der Waals surface area contributed by atoms with Crippen LogP contribution in [0.1, 0.15) is 12.5 Å². The first-order valence-corrected chi connectivity index (χ1v) is 6.09. The first-order chi connectivity index (χ1) is 9.04. The van der Waals surface area contributed by atoms with E-state index in [4.69, 9.17) is 10.5 Å². The Morgan fingerprint density at radius 3 is 2.74 bits per heavy atom. The van der Waals surface area contributed by atoms with E-state index in [1.54, 1.807) is 12.1 Å². The summed E-state index contributed by atoms with van der Waals surface area (Å²) in [5.41, 5.74) is 7.02. The lowest BCUT2D eigenvalue weighted by Crippen LogP contribution is -2.05. The minimum Gasteiger partial charge on any atom is -0.490 e. The SMILES string of the molecule is CC1Cc2cc(-c3cc(F)c(N)cc3F)ccc2O1. The van der Waals surface area contributed by atoms with E-state index in [9.17, 15) is 8.78 Å². The minimum atomic E-state index is -0.610. The molecule has 3 rings (SSSR count). The molecule has 0 radical (unpaired) electrons. The summed E-state index contributed by atoms with van der Waals surface area (Å²) in [5.74, 6) is -0.320. The number of nitrogen functional groups attached to an aromatic ring is 1. The van der Waals surface area contributed by atoms with Crippen LogP contribution in [0.15, 0.2) is 30.3 Å². The first kappa shape index (κ1) is 12.0. The molecule has 0 saturated heterocycles. The molecule has 1 heterocycles. The number of anilines is 1. The van der Waals surface area contributed by atoms with Gasteiger partial charge in [-0.3, -0.25) is 0 Å². The monoisotopic (exact) mass is 261 g/mol. The van der Waals surface area contributed by atoms with Crippen molar-refractivity contribution in [3.63, 3.8) is 0 Å². The molecule has 0 aliphatic carbocycles. The van der Waals surface area contributed by atoms with Gasteiger partial charge in [0.1, 0.15) is 23.5 Å². The maximum atomic E-state index is 13.9. The Morgan fingerprint density at radius 1 is 1.16 bits per heavy atom. The second-order valence-corrected chi connectivity index (χ2v) is 4.81. The number of fused-ring (bicyclic) bond motifs is 1. The van der Waals surface area contributed by atoms with Gasteiger partial charge in [0.15, 0.2) is 0 Å². The number of halogens is 2. The quantitative estimate of drug-likeness (QED) is 0.797. The minimum absolute atomic E-state index is 0.123. The highest BCUT2D eigenvalue weighted by Gasteiger charge is 2.20. The van der Waals surface area contributed by atoms with Crippen LogP contribution in [0.3, 0.4) is 0 Å². The van der Waals surface area contributed by atoms with E-state index in [1.165, 1.54) is 0 Å². The van der Waals surface area contributed by atoms with Crippen LogP contribution in [-0.4, -0.2) is 6.10 Å². The number of rotatable bonds is 1. The van der Waals surface area contributed by atoms with Crippen molar-refractivity contribution in [1.29, 1.82) is 0 Å². The molecule has 4 heteroatoms. The third kappa shape index (κ3) is 2.03. The number of nitrogens with two attached hydrogens (primary N) is 1. The summed E-state index contributed by atoms with van der Waals surface area (Å²) in [7, 11) is 0. The van der Waals surface area contributed by atoms with E-state index in [0.717, 1.165) is 29.9 Å². The van der Waals surface area contributed by atoms with Crippen LogP contribution in [0, 0.1) is 11.6 Å². The molecule has 0 bridgehead atoms. The maximum absolute atomic E-state index is 13.9. The average molecular weight is 261 g/mol. The van der Waals surface area contributed by atoms with E-state index in [0.29, 0.717) is 5.56 Å². The van der Waals surface area contributed by atoms with Crippen LogP contribution >= 0.6 is 0 Å². The van der Waals surface area contributed by atoms with E-state index in [2.05, 4.69) is 0 Å². The zero-order valence-corrected chi connectivity index (χ0v) is 10.4. The fourth-order valence-electron chi connectivity index (χ4n) is 2.37. The van der Waals surface area contributed by atoms with Crippen molar-refractivity contribution in [3.8, 4) is 16.9 Å². The summed E-state index contributed by atoms with van der Waals surface area (Å²) in [4.78, 5) is 0. The van der Waals surface area contributed by atoms with E-state index >= 15 is 0 Å². The molecule has 98 valence electrons. The van der Waals surface area contributed by atoms with Crippen molar-refractivity contribution in [3.05, 3.63) is 47.5 Å². The Kier molecular flexibility index (Phi) is 2.66. The molecule has 0 spiro atoms. The highest BCUT2D eigenvalue weighted by molar-refractivity contribution is 5.69. The Hall–Kier alpha value is -2.10. The van der Waals surface area contributed by atoms with Gasteiger partial charge in [-0.05, 0) is 36.2 Å². The second-order valence-electron chi connectivity index (χ2n) is 4.81. The van der Waals surface area contributed by atoms with Gasteiger partial charge in [0.05, 0.1) is 5.69 Å². The molecular weight excluding hydrogens is 248 g/mol. The van der Waals surface area contributed by atoms with Gasteiger partial charge in [-0.2, -0.15) is 0 Å². The van der Waals surface area contributed by atoms with Crippen LogP contribution in [-0.2, 0) is 6.42 Å². The summed E-state index contributed by atoms with van der Waals surface area (Å²) in [6, 6.07) is 7.50. The molecule has 2 N–H and O–H groups in total. The Labute approximate surface area is 109 Å². The van der Waals surface area contributed by atoms with Crippen LogP contribution in [0.2, 0.25) is 0 Å². The Balaban J connectivity index is 2.09. The molecule has 1 aliphatic rings. The van der Waals surface area contributed by atoms with Crippen LogP contribution in [0.5, 0.6) is 5.75 Å². The number of benzene rings is 2. The fraction of sp³-hybridized carbons (Fsp3) is 0.200. The summed E-state index contributed by atoms with van der Waals surface area (Å²) >= 11 is 0. The van der Waals surface area contributed by atoms with Gasteiger partial charge in [-0.15, -0.1) is 0 Å². The van der Waals surface area contributed by atoms with Gasteiger partial charge in [0, 0.05) is 18.1 Å². The highest BCUT2D eigenvalue weighted by atomic mass is 19.1. The smallest absolute Gasteiger partial charge is 0.146 e. The Bertz CT molecular complexity index is 655. The van der Waals surface area contributed by atoms with Crippen molar-refractivity contribution < 1.29 is 13.5 Å². The molecule has 19 heavy (non-hydrogen) atoms. The van der Waals surface area contributed by atoms with E-state index < -0.39 is 11.6 Å². The van der Waals surface area contributed by atoms with Crippen LogP contribution < -0.4 is 10.5 Å². The zero-order chi connectivity index (χ0) is 13.6. The van der Waals surface area contributed by atoms with Gasteiger partial charge >= 0.3 is 0 Å². The molecule has 0 amide bonds. The van der Waals surface area contributed by atoms with E-state index in [-0.39, 0.29) is 17.4 Å². The van der Waals surface area contributed by atoms with Crippen molar-refractivity contribution in [2.45, 2.75) is 19.4 Å². The molecule has 2 aromatic rings. The van der Waals surface area contributed by atoms with Gasteiger partial charge in [-0.25, -0.2) is 8.78 Å². The first-order valence-electron chi connectivity index (χ1n) is 6.09. The lowest BCUT2D eigenvalue weighted by Gasteiger charge is -2.07. The zero-order valence-electron chi connectivity index (χ0n) is 10.4. The topological polar surface area (TPSA) is 35.2 Å². The summed E-state index contributed by atoms with van der Waals surface area (Å²) in [6.07, 6.45) is 0.903. The van der Waals surface area contributed by atoms with Crippen LogP contribution in [0.4, 0.5) is 14.5 Å². The molecule has 1 atom stereocenters. The predicted molar refractivity (Wildman–Crippen MR) is 70.0 cm³/mol.